The Morgan fingerprint density at radius 1 is 1.29 bits per heavy atom. The number of rotatable bonds is 1. The van der Waals surface area contributed by atoms with Crippen molar-refractivity contribution in [3.8, 4) is 0 Å². The monoisotopic (exact) mass is 195 g/mol. The highest BCUT2D eigenvalue weighted by Gasteiger charge is 2.18. The predicted molar refractivity (Wildman–Crippen MR) is 54.9 cm³/mol. The predicted octanol–water partition coefficient (Wildman–Crippen LogP) is 2.55. The minimum Gasteiger partial charge on any atom is -0.623 e. The number of hydrogen-bond donors (Lipinski definition) is 0. The molecule has 2 nitrogen and oxygen atoms in total. The lowest BCUT2D eigenvalue weighted by atomic mass is 10.1. The molecule has 0 bridgehead atoms. The molecular formula is C11H14FNO. The summed E-state index contributed by atoms with van der Waals surface area (Å²) in [4.78, 5) is 0. The molecule has 0 heterocycles. The molecule has 1 aromatic rings. The van der Waals surface area contributed by atoms with E-state index >= 15 is 0 Å². The molecule has 0 saturated carbocycles. The minimum absolute atomic E-state index is 0.317. The molecule has 0 aromatic heterocycles. The summed E-state index contributed by atoms with van der Waals surface area (Å²) in [6.07, 6.45) is 1.27. The molecule has 3 heteroatoms. The molecule has 0 unspecified atom stereocenters. The van der Waals surface area contributed by atoms with Crippen molar-refractivity contribution in [3.63, 3.8) is 0 Å². The summed E-state index contributed by atoms with van der Waals surface area (Å²) in [6.45, 7) is 5.33. The van der Waals surface area contributed by atoms with Crippen LogP contribution in [0.1, 0.15) is 26.3 Å². The number of benzene rings is 1. The first-order chi connectivity index (χ1) is 6.41. The van der Waals surface area contributed by atoms with Crippen LogP contribution in [0, 0.1) is 11.0 Å². The maximum absolute atomic E-state index is 13.1. The van der Waals surface area contributed by atoms with E-state index < -0.39 is 5.54 Å². The molecule has 76 valence electrons. The Labute approximate surface area is 83.3 Å². The van der Waals surface area contributed by atoms with Gasteiger partial charge in [0.05, 0.1) is 5.56 Å². The summed E-state index contributed by atoms with van der Waals surface area (Å²) < 4.78 is 13.9. The van der Waals surface area contributed by atoms with Crippen molar-refractivity contribution in [2.45, 2.75) is 26.3 Å². The number of hydrogen-bond acceptors (Lipinski definition) is 1. The highest BCUT2D eigenvalue weighted by atomic mass is 19.1. The molecule has 14 heavy (non-hydrogen) atoms. The standard InChI is InChI=1S/C11H14FNO/c1-11(2,3)13(14)8-9-6-4-5-7-10(9)12/h4-8H,1-3H3. The quantitative estimate of drug-likeness (QED) is 0.293. The van der Waals surface area contributed by atoms with Gasteiger partial charge in [-0.05, 0) is 12.1 Å². The fourth-order valence-corrected chi connectivity index (χ4v) is 0.900. The number of hydroxylamine groups is 1. The van der Waals surface area contributed by atoms with Crippen molar-refractivity contribution in [2.24, 2.45) is 0 Å². The van der Waals surface area contributed by atoms with Gasteiger partial charge in [0, 0.05) is 20.8 Å². The van der Waals surface area contributed by atoms with Crippen molar-refractivity contribution in [1.82, 2.24) is 0 Å². The van der Waals surface area contributed by atoms with Crippen molar-refractivity contribution in [3.05, 3.63) is 40.9 Å². The second kappa shape index (κ2) is 3.78. The van der Waals surface area contributed by atoms with Crippen LogP contribution >= 0.6 is 0 Å². The molecule has 0 aliphatic heterocycles. The molecule has 0 aliphatic carbocycles. The van der Waals surface area contributed by atoms with Gasteiger partial charge in [0.15, 0.2) is 11.8 Å². The van der Waals surface area contributed by atoms with Gasteiger partial charge in [0.2, 0.25) is 0 Å². The van der Waals surface area contributed by atoms with Gasteiger partial charge in [-0.25, -0.2) is 9.13 Å². The van der Waals surface area contributed by atoms with Gasteiger partial charge >= 0.3 is 0 Å². The van der Waals surface area contributed by atoms with E-state index in [4.69, 9.17) is 0 Å². The van der Waals surface area contributed by atoms with Crippen LogP contribution in [-0.2, 0) is 0 Å². The molecule has 0 amide bonds. The zero-order valence-corrected chi connectivity index (χ0v) is 8.62. The highest BCUT2D eigenvalue weighted by molar-refractivity contribution is 5.76. The Morgan fingerprint density at radius 3 is 2.36 bits per heavy atom. The third-order valence-electron chi connectivity index (χ3n) is 1.82. The number of halogens is 1. The normalized spacial score (nSPS) is 13.0. The second-order valence-corrected chi connectivity index (χ2v) is 4.15. The second-order valence-electron chi connectivity index (χ2n) is 4.15. The molecule has 1 rings (SSSR count). The smallest absolute Gasteiger partial charge is 0.185 e. The zero-order chi connectivity index (χ0) is 10.8. The van der Waals surface area contributed by atoms with Gasteiger partial charge in [-0.15, -0.1) is 0 Å². The highest BCUT2D eigenvalue weighted by Crippen LogP contribution is 2.08. The maximum atomic E-state index is 13.1. The summed E-state index contributed by atoms with van der Waals surface area (Å²) in [5.74, 6) is -0.377. The Bertz CT molecular complexity index is 353. The summed E-state index contributed by atoms with van der Waals surface area (Å²) in [5, 5.41) is 11.5. The lowest BCUT2D eigenvalue weighted by Crippen LogP contribution is -2.29. The van der Waals surface area contributed by atoms with E-state index in [1.165, 1.54) is 12.3 Å². The zero-order valence-electron chi connectivity index (χ0n) is 8.62. The van der Waals surface area contributed by atoms with Crippen molar-refractivity contribution in [2.75, 3.05) is 0 Å². The van der Waals surface area contributed by atoms with Crippen molar-refractivity contribution in [1.29, 1.82) is 0 Å². The van der Waals surface area contributed by atoms with Crippen molar-refractivity contribution < 1.29 is 9.13 Å². The van der Waals surface area contributed by atoms with Gasteiger partial charge < -0.3 is 5.21 Å². The van der Waals surface area contributed by atoms with E-state index in [1.807, 2.05) is 0 Å². The van der Waals surface area contributed by atoms with Gasteiger partial charge in [0.1, 0.15) is 5.82 Å². The molecule has 0 N–H and O–H groups in total. The van der Waals surface area contributed by atoms with Crippen LogP contribution in [0.4, 0.5) is 4.39 Å². The van der Waals surface area contributed by atoms with Gasteiger partial charge in [-0.1, -0.05) is 12.1 Å². The Morgan fingerprint density at radius 2 is 1.86 bits per heavy atom. The van der Waals surface area contributed by atoms with Gasteiger partial charge in [-0.3, -0.25) is 0 Å². The molecule has 0 atom stereocenters. The van der Waals surface area contributed by atoms with Crippen LogP contribution in [0.25, 0.3) is 0 Å². The maximum Gasteiger partial charge on any atom is 0.185 e. The first kappa shape index (κ1) is 10.7. The Kier molecular flexibility index (Phi) is 2.89. The number of nitrogens with zero attached hydrogens (tertiary/aromatic N) is 1. The Hall–Kier alpha value is -1.38. The fourth-order valence-electron chi connectivity index (χ4n) is 0.900. The Balaban J connectivity index is 3.04. The third kappa shape index (κ3) is 2.55. The van der Waals surface area contributed by atoms with E-state index in [1.54, 1.807) is 39.0 Å². The van der Waals surface area contributed by atoms with Gasteiger partial charge in [-0.2, -0.15) is 0 Å². The van der Waals surface area contributed by atoms with Crippen LogP contribution in [0.15, 0.2) is 24.3 Å². The molecule has 0 fully saturated rings. The summed E-state index contributed by atoms with van der Waals surface area (Å²) in [7, 11) is 0. The lowest BCUT2D eigenvalue weighted by molar-refractivity contribution is -0.530. The van der Waals surface area contributed by atoms with Crippen LogP contribution < -0.4 is 0 Å². The van der Waals surface area contributed by atoms with E-state index in [9.17, 15) is 9.60 Å². The van der Waals surface area contributed by atoms with Crippen LogP contribution in [-0.4, -0.2) is 16.5 Å². The van der Waals surface area contributed by atoms with Crippen LogP contribution in [0.3, 0.4) is 0 Å². The molecule has 0 radical (unpaired) electrons. The first-order valence-electron chi connectivity index (χ1n) is 4.47. The molecule has 1 aromatic carbocycles. The third-order valence-corrected chi connectivity index (χ3v) is 1.82. The summed E-state index contributed by atoms with van der Waals surface area (Å²) in [5.41, 5.74) is -0.222. The van der Waals surface area contributed by atoms with E-state index in [0.29, 0.717) is 5.56 Å². The van der Waals surface area contributed by atoms with E-state index in [-0.39, 0.29) is 5.82 Å². The fraction of sp³-hybridized carbons (Fsp3) is 0.364. The average Bonchev–Trinajstić information content (AvgIpc) is 2.07. The largest absolute Gasteiger partial charge is 0.623 e. The summed E-state index contributed by atoms with van der Waals surface area (Å²) >= 11 is 0. The van der Waals surface area contributed by atoms with Crippen LogP contribution in [0.2, 0.25) is 0 Å². The van der Waals surface area contributed by atoms with E-state index in [2.05, 4.69) is 0 Å². The topological polar surface area (TPSA) is 26.1 Å². The lowest BCUT2D eigenvalue weighted by Gasteiger charge is -2.18. The molecule has 0 spiro atoms. The van der Waals surface area contributed by atoms with E-state index in [0.717, 1.165) is 4.74 Å². The average molecular weight is 195 g/mol. The van der Waals surface area contributed by atoms with Crippen LogP contribution in [0.5, 0.6) is 0 Å². The SMILES string of the molecule is CC(C)(C)[N+]([O-])=Cc1ccccc1F. The summed E-state index contributed by atoms with van der Waals surface area (Å²) in [6, 6.07) is 6.21. The van der Waals surface area contributed by atoms with Gasteiger partial charge in [0.25, 0.3) is 0 Å². The molecule has 0 aliphatic rings. The first-order valence-corrected chi connectivity index (χ1v) is 4.47. The minimum atomic E-state index is -0.539. The molecular weight excluding hydrogens is 181 g/mol. The van der Waals surface area contributed by atoms with Crippen molar-refractivity contribution >= 4 is 6.21 Å². The molecule has 0 saturated heterocycles.